The van der Waals surface area contributed by atoms with Crippen LogP contribution in [0.4, 0.5) is 0 Å². The van der Waals surface area contributed by atoms with Crippen molar-refractivity contribution in [2.24, 2.45) is 5.92 Å². The smallest absolute Gasteiger partial charge is 0.357 e. The average Bonchev–Trinajstić information content (AvgIpc) is 3.05. The first-order valence-electron chi connectivity index (χ1n) is 6.19. The monoisotopic (exact) mass is 287 g/mol. The number of hydrogen-bond donors (Lipinski definition) is 3. The fourth-order valence-corrected chi connectivity index (χ4v) is 3.36. The molecule has 19 heavy (non-hydrogen) atoms. The van der Waals surface area contributed by atoms with E-state index < -0.39 is 21.7 Å². The number of H-pyrrole nitrogens is 1. The summed E-state index contributed by atoms with van der Waals surface area (Å²) in [4.78, 5) is 10.7. The van der Waals surface area contributed by atoms with Gasteiger partial charge in [0.05, 0.1) is 5.69 Å². The largest absolute Gasteiger partial charge is 0.476 e. The summed E-state index contributed by atoms with van der Waals surface area (Å²) in [6.07, 6.45) is 4.25. The summed E-state index contributed by atoms with van der Waals surface area (Å²) in [7, 11) is -3.83. The van der Waals surface area contributed by atoms with E-state index in [0.717, 1.165) is 18.8 Å². The number of aryl methyl sites for hydroxylation is 1. The van der Waals surface area contributed by atoms with Crippen LogP contribution < -0.4 is 4.72 Å². The Hall–Kier alpha value is -1.41. The first-order valence-corrected chi connectivity index (χ1v) is 7.68. The molecule has 0 aromatic carbocycles. The van der Waals surface area contributed by atoms with Crippen molar-refractivity contribution in [3.63, 3.8) is 0 Å². The van der Waals surface area contributed by atoms with Gasteiger partial charge >= 0.3 is 5.97 Å². The fourth-order valence-electron chi connectivity index (χ4n) is 1.97. The average molecular weight is 287 g/mol. The normalized spacial score (nSPS) is 15.6. The molecule has 0 saturated heterocycles. The number of nitrogens with one attached hydrogen (secondary N) is 2. The van der Waals surface area contributed by atoms with Crippen LogP contribution in [0.1, 0.15) is 41.9 Å². The van der Waals surface area contributed by atoms with Crippen molar-refractivity contribution in [3.8, 4) is 0 Å². The van der Waals surface area contributed by atoms with Crippen LogP contribution in [0.15, 0.2) is 4.90 Å². The first kappa shape index (κ1) is 14.0. The van der Waals surface area contributed by atoms with Gasteiger partial charge in [-0.15, -0.1) is 0 Å². The third kappa shape index (κ3) is 3.32. The number of aromatic amines is 1. The lowest BCUT2D eigenvalue weighted by Gasteiger charge is -2.06. The van der Waals surface area contributed by atoms with E-state index in [4.69, 9.17) is 5.11 Å². The summed E-state index contributed by atoms with van der Waals surface area (Å²) >= 11 is 0. The lowest BCUT2D eigenvalue weighted by Crippen LogP contribution is -2.26. The van der Waals surface area contributed by atoms with Crippen LogP contribution >= 0.6 is 0 Å². The molecule has 1 saturated carbocycles. The molecule has 1 fully saturated rings. The summed E-state index contributed by atoms with van der Waals surface area (Å²) in [6, 6.07) is 0. The molecular formula is C11H17N3O4S. The molecule has 106 valence electrons. The van der Waals surface area contributed by atoms with Gasteiger partial charge in [0, 0.05) is 6.54 Å². The molecule has 1 heterocycles. The van der Waals surface area contributed by atoms with E-state index in [1.54, 1.807) is 0 Å². The standard InChI is InChI=1S/C11H17N3O4S/c1-7-10(9(11(15)16)14-13-7)19(17,18)12-6-2-3-8-4-5-8/h8,12H,2-6H2,1H3,(H,13,14)(H,15,16). The predicted molar refractivity (Wildman–Crippen MR) is 67.4 cm³/mol. The number of hydrogen-bond acceptors (Lipinski definition) is 4. The number of carboxylic acids is 1. The van der Waals surface area contributed by atoms with Crippen molar-refractivity contribution < 1.29 is 18.3 Å². The van der Waals surface area contributed by atoms with E-state index >= 15 is 0 Å². The second-order valence-corrected chi connectivity index (χ2v) is 6.52. The van der Waals surface area contributed by atoms with Crippen molar-refractivity contribution in [1.82, 2.24) is 14.9 Å². The summed E-state index contributed by atoms with van der Waals surface area (Å²) in [6.45, 7) is 1.81. The fraction of sp³-hybridized carbons (Fsp3) is 0.636. The SMILES string of the molecule is Cc1[nH]nc(C(=O)O)c1S(=O)(=O)NCCCC1CC1. The predicted octanol–water partition coefficient (Wildman–Crippen LogP) is 0.885. The number of rotatable bonds is 7. The molecule has 0 unspecified atom stereocenters. The summed E-state index contributed by atoms with van der Waals surface area (Å²) in [5.41, 5.74) is -0.237. The van der Waals surface area contributed by atoms with Crippen LogP contribution in [0.5, 0.6) is 0 Å². The second-order valence-electron chi connectivity index (χ2n) is 4.81. The van der Waals surface area contributed by atoms with E-state index in [1.807, 2.05) is 0 Å². The van der Waals surface area contributed by atoms with E-state index in [2.05, 4.69) is 14.9 Å². The molecule has 7 nitrogen and oxygen atoms in total. The molecule has 1 aliphatic rings. The van der Waals surface area contributed by atoms with Crippen molar-refractivity contribution in [2.75, 3.05) is 6.54 Å². The van der Waals surface area contributed by atoms with Crippen LogP contribution in [0.2, 0.25) is 0 Å². The molecule has 3 N–H and O–H groups in total. The van der Waals surface area contributed by atoms with Crippen molar-refractivity contribution in [1.29, 1.82) is 0 Å². The molecule has 8 heteroatoms. The molecule has 0 radical (unpaired) electrons. The Labute approximate surface area is 111 Å². The van der Waals surface area contributed by atoms with E-state index in [1.165, 1.54) is 19.8 Å². The highest BCUT2D eigenvalue weighted by atomic mass is 32.2. The summed E-state index contributed by atoms with van der Waals surface area (Å²) < 4.78 is 26.6. The highest BCUT2D eigenvalue weighted by Gasteiger charge is 2.28. The number of carbonyl (C=O) groups is 1. The molecular weight excluding hydrogens is 270 g/mol. The van der Waals surface area contributed by atoms with Gasteiger partial charge in [0.1, 0.15) is 4.90 Å². The first-order chi connectivity index (χ1) is 8.92. The molecule has 1 aromatic heterocycles. The van der Waals surface area contributed by atoms with Crippen molar-refractivity contribution in [2.45, 2.75) is 37.5 Å². The maximum atomic E-state index is 12.1. The summed E-state index contributed by atoms with van der Waals surface area (Å²) in [5, 5.41) is 14.8. The van der Waals surface area contributed by atoms with Gasteiger partial charge in [0.25, 0.3) is 0 Å². The van der Waals surface area contributed by atoms with Crippen LogP contribution in [0.25, 0.3) is 0 Å². The van der Waals surface area contributed by atoms with Crippen molar-refractivity contribution in [3.05, 3.63) is 11.4 Å². The molecule has 0 atom stereocenters. The van der Waals surface area contributed by atoms with Crippen LogP contribution in [-0.4, -0.2) is 36.2 Å². The third-order valence-electron chi connectivity index (χ3n) is 3.14. The number of aromatic nitrogens is 2. The van der Waals surface area contributed by atoms with Gasteiger partial charge in [-0.3, -0.25) is 5.10 Å². The van der Waals surface area contributed by atoms with Gasteiger partial charge in [-0.05, 0) is 25.7 Å². The summed E-state index contributed by atoms with van der Waals surface area (Å²) in [5.74, 6) is -0.613. The zero-order chi connectivity index (χ0) is 14.0. The Kier molecular flexibility index (Phi) is 3.91. The van der Waals surface area contributed by atoms with Crippen LogP contribution in [0.3, 0.4) is 0 Å². The topological polar surface area (TPSA) is 112 Å². The Morgan fingerprint density at radius 1 is 1.53 bits per heavy atom. The van der Waals surface area contributed by atoms with Gasteiger partial charge in [-0.1, -0.05) is 12.8 Å². The molecule has 0 spiro atoms. The van der Waals surface area contributed by atoms with Gasteiger partial charge < -0.3 is 5.11 Å². The Balaban J connectivity index is 2.05. The maximum Gasteiger partial charge on any atom is 0.357 e. The highest BCUT2D eigenvalue weighted by molar-refractivity contribution is 7.89. The van der Waals surface area contributed by atoms with Crippen LogP contribution in [0, 0.1) is 12.8 Å². The number of sulfonamides is 1. The molecule has 1 aromatic rings. The number of nitrogens with zero attached hydrogens (tertiary/aromatic N) is 1. The van der Waals surface area contributed by atoms with E-state index in [9.17, 15) is 13.2 Å². The van der Waals surface area contributed by atoms with Crippen molar-refractivity contribution >= 4 is 16.0 Å². The van der Waals surface area contributed by atoms with Gasteiger partial charge in [0.2, 0.25) is 10.0 Å². The molecule has 2 rings (SSSR count). The highest BCUT2D eigenvalue weighted by Crippen LogP contribution is 2.33. The minimum atomic E-state index is -3.83. The lowest BCUT2D eigenvalue weighted by atomic mass is 10.2. The molecule has 0 bridgehead atoms. The number of aromatic carboxylic acids is 1. The number of carboxylic acid groups (broad SMARTS) is 1. The van der Waals surface area contributed by atoms with E-state index in [0.29, 0.717) is 6.54 Å². The molecule has 0 aliphatic heterocycles. The quantitative estimate of drug-likeness (QED) is 0.645. The zero-order valence-electron chi connectivity index (χ0n) is 10.6. The Morgan fingerprint density at radius 3 is 2.79 bits per heavy atom. The molecule has 0 amide bonds. The van der Waals surface area contributed by atoms with Gasteiger partial charge in [-0.2, -0.15) is 5.10 Å². The minimum Gasteiger partial charge on any atom is -0.476 e. The zero-order valence-corrected chi connectivity index (χ0v) is 11.5. The lowest BCUT2D eigenvalue weighted by molar-refractivity contribution is 0.0686. The van der Waals surface area contributed by atoms with E-state index in [-0.39, 0.29) is 10.6 Å². The third-order valence-corrected chi connectivity index (χ3v) is 4.76. The minimum absolute atomic E-state index is 0.229. The maximum absolute atomic E-state index is 12.1. The molecule has 1 aliphatic carbocycles. The van der Waals surface area contributed by atoms with Crippen LogP contribution in [-0.2, 0) is 10.0 Å². The Morgan fingerprint density at radius 2 is 2.21 bits per heavy atom. The van der Waals surface area contributed by atoms with Gasteiger partial charge in [-0.25, -0.2) is 17.9 Å². The second kappa shape index (κ2) is 5.30. The van der Waals surface area contributed by atoms with Gasteiger partial charge in [0.15, 0.2) is 5.69 Å². The Bertz CT molecular complexity index is 575.